The van der Waals surface area contributed by atoms with Crippen LogP contribution in [0.2, 0.25) is 0 Å². The maximum Gasteiger partial charge on any atom is 0.224 e. The van der Waals surface area contributed by atoms with Gasteiger partial charge >= 0.3 is 0 Å². The van der Waals surface area contributed by atoms with Gasteiger partial charge in [0.25, 0.3) is 0 Å². The quantitative estimate of drug-likeness (QED) is 0.370. The van der Waals surface area contributed by atoms with Gasteiger partial charge in [0.05, 0.1) is 11.3 Å². The highest BCUT2D eigenvalue weighted by Crippen LogP contribution is 2.41. The van der Waals surface area contributed by atoms with E-state index in [1.165, 1.54) is 17.8 Å². The molecule has 0 bridgehead atoms. The number of hydrogen-bond donors (Lipinski definition) is 1. The van der Waals surface area contributed by atoms with Crippen molar-refractivity contribution < 1.29 is 14.0 Å². The van der Waals surface area contributed by atoms with Crippen LogP contribution in [0.1, 0.15) is 49.0 Å². The summed E-state index contributed by atoms with van der Waals surface area (Å²) in [5, 5.41) is 11.9. The molecule has 0 atom stereocenters. The van der Waals surface area contributed by atoms with E-state index in [1.54, 1.807) is 42.5 Å². The molecule has 8 heteroatoms. The monoisotopic (exact) mass is 438 g/mol. The third kappa shape index (κ3) is 5.02. The van der Waals surface area contributed by atoms with Gasteiger partial charge in [-0.1, -0.05) is 30.8 Å². The first-order valence-electron chi connectivity index (χ1n) is 10.3. The number of ketones is 1. The number of halogens is 1. The van der Waals surface area contributed by atoms with Gasteiger partial charge in [0.1, 0.15) is 5.82 Å². The summed E-state index contributed by atoms with van der Waals surface area (Å²) in [7, 11) is 0. The summed E-state index contributed by atoms with van der Waals surface area (Å²) < 4.78 is 16.2. The van der Waals surface area contributed by atoms with E-state index in [0.717, 1.165) is 19.3 Å². The molecule has 31 heavy (non-hydrogen) atoms. The summed E-state index contributed by atoms with van der Waals surface area (Å²) in [5.41, 5.74) is 1.65. The first-order valence-corrected chi connectivity index (χ1v) is 11.3. The van der Waals surface area contributed by atoms with Gasteiger partial charge in [-0.25, -0.2) is 4.39 Å². The lowest BCUT2D eigenvalue weighted by atomic mass is 10.1. The van der Waals surface area contributed by atoms with E-state index in [4.69, 9.17) is 0 Å². The molecule has 1 aliphatic rings. The highest BCUT2D eigenvalue weighted by Gasteiger charge is 2.31. The van der Waals surface area contributed by atoms with Crippen LogP contribution in [-0.2, 0) is 4.79 Å². The molecule has 6 nitrogen and oxygen atoms in total. The van der Waals surface area contributed by atoms with Crippen molar-refractivity contribution in [1.29, 1.82) is 0 Å². The van der Waals surface area contributed by atoms with Crippen LogP contribution >= 0.6 is 11.8 Å². The molecule has 3 aromatic rings. The van der Waals surface area contributed by atoms with Crippen LogP contribution in [0.5, 0.6) is 0 Å². The van der Waals surface area contributed by atoms with E-state index in [9.17, 15) is 14.0 Å². The number of carbonyl (C=O) groups is 2. The number of hydrogen-bond acceptors (Lipinski definition) is 5. The van der Waals surface area contributed by atoms with Gasteiger partial charge in [0.15, 0.2) is 16.8 Å². The van der Waals surface area contributed by atoms with E-state index in [-0.39, 0.29) is 29.3 Å². The molecule has 2 aromatic carbocycles. The maximum atomic E-state index is 14.3. The largest absolute Gasteiger partial charge is 0.326 e. The number of rotatable bonds is 9. The standard InChI is InChI=1S/C23H23FN4O2S/c1-2-5-21(30)25-16-10-8-15(9-11-16)20(29)14-31-23-27-26-22(28(23)17-12-13-17)18-6-3-4-7-19(18)24/h3-4,6-11,17H,2,5,12-14H2,1H3,(H,25,30). The van der Waals surface area contributed by atoms with Crippen LogP contribution in [0.25, 0.3) is 11.4 Å². The molecule has 1 aliphatic carbocycles. The van der Waals surface area contributed by atoms with E-state index < -0.39 is 0 Å². The second-order valence-electron chi connectivity index (χ2n) is 7.47. The smallest absolute Gasteiger partial charge is 0.224 e. The van der Waals surface area contributed by atoms with Crippen LogP contribution in [-0.4, -0.2) is 32.2 Å². The number of carbonyl (C=O) groups excluding carboxylic acids is 2. The molecule has 1 N–H and O–H groups in total. The number of nitrogens with one attached hydrogen (secondary N) is 1. The third-order valence-electron chi connectivity index (χ3n) is 4.99. The van der Waals surface area contributed by atoms with E-state index in [0.29, 0.717) is 34.2 Å². The Labute approximate surface area is 184 Å². The topological polar surface area (TPSA) is 76.9 Å². The minimum Gasteiger partial charge on any atom is -0.326 e. The molecule has 0 spiro atoms. The third-order valence-corrected chi connectivity index (χ3v) is 5.93. The van der Waals surface area contributed by atoms with E-state index >= 15 is 0 Å². The number of benzene rings is 2. The molecular formula is C23H23FN4O2S. The zero-order chi connectivity index (χ0) is 21.8. The summed E-state index contributed by atoms with van der Waals surface area (Å²) in [5.74, 6) is 0.276. The van der Waals surface area contributed by atoms with Crippen molar-refractivity contribution in [3.8, 4) is 11.4 Å². The van der Waals surface area contributed by atoms with Crippen LogP contribution in [0.15, 0.2) is 53.7 Å². The van der Waals surface area contributed by atoms with Gasteiger partial charge in [0.2, 0.25) is 5.91 Å². The number of Topliss-reactive ketones (excluding diaryl/α,β-unsaturated/α-hetero) is 1. The average molecular weight is 439 g/mol. The lowest BCUT2D eigenvalue weighted by Gasteiger charge is -2.09. The molecule has 1 fully saturated rings. The van der Waals surface area contributed by atoms with Gasteiger partial charge in [-0.3, -0.25) is 14.2 Å². The molecule has 1 aromatic heterocycles. The molecule has 1 saturated carbocycles. The Balaban J connectivity index is 1.44. The number of thioether (sulfide) groups is 1. The molecule has 1 amide bonds. The molecular weight excluding hydrogens is 415 g/mol. The van der Waals surface area contributed by atoms with Gasteiger partial charge in [0, 0.05) is 23.7 Å². The lowest BCUT2D eigenvalue weighted by Crippen LogP contribution is -2.11. The Morgan fingerprint density at radius 2 is 1.87 bits per heavy atom. The number of amides is 1. The Morgan fingerprint density at radius 1 is 1.13 bits per heavy atom. The summed E-state index contributed by atoms with van der Waals surface area (Å²) in [6, 6.07) is 13.6. The molecule has 0 unspecified atom stereocenters. The van der Waals surface area contributed by atoms with Crippen LogP contribution in [0, 0.1) is 5.82 Å². The van der Waals surface area contributed by atoms with Crippen LogP contribution < -0.4 is 5.32 Å². The first-order chi connectivity index (χ1) is 15.1. The number of anilines is 1. The van der Waals surface area contributed by atoms with Gasteiger partial charge in [-0.15, -0.1) is 10.2 Å². The lowest BCUT2D eigenvalue weighted by molar-refractivity contribution is -0.116. The Kier molecular flexibility index (Phi) is 6.46. The van der Waals surface area contributed by atoms with Crippen LogP contribution in [0.3, 0.4) is 0 Å². The van der Waals surface area contributed by atoms with Crippen molar-refractivity contribution in [2.45, 2.75) is 43.8 Å². The maximum absolute atomic E-state index is 14.3. The Morgan fingerprint density at radius 3 is 2.55 bits per heavy atom. The highest BCUT2D eigenvalue weighted by molar-refractivity contribution is 7.99. The SMILES string of the molecule is CCCC(=O)Nc1ccc(C(=O)CSc2nnc(-c3ccccc3F)n2C2CC2)cc1. The fourth-order valence-corrected chi connectivity index (χ4v) is 4.17. The van der Waals surface area contributed by atoms with Crippen molar-refractivity contribution in [3.05, 3.63) is 59.9 Å². The first kappa shape index (κ1) is 21.2. The van der Waals surface area contributed by atoms with Crippen molar-refractivity contribution in [2.24, 2.45) is 0 Å². The molecule has 0 aliphatic heterocycles. The Bertz CT molecular complexity index is 1090. The van der Waals surface area contributed by atoms with Gasteiger partial charge in [-0.05, 0) is 55.7 Å². The summed E-state index contributed by atoms with van der Waals surface area (Å²) in [6.07, 6.45) is 3.23. The van der Waals surface area contributed by atoms with Crippen molar-refractivity contribution in [1.82, 2.24) is 14.8 Å². The normalized spacial score (nSPS) is 13.2. The second kappa shape index (κ2) is 9.43. The zero-order valence-corrected chi connectivity index (χ0v) is 18.0. The minimum atomic E-state index is -0.337. The zero-order valence-electron chi connectivity index (χ0n) is 17.2. The predicted molar refractivity (Wildman–Crippen MR) is 119 cm³/mol. The van der Waals surface area contributed by atoms with Crippen LogP contribution in [0.4, 0.5) is 10.1 Å². The highest BCUT2D eigenvalue weighted by atomic mass is 32.2. The molecule has 4 rings (SSSR count). The number of nitrogens with zero attached hydrogens (tertiary/aromatic N) is 3. The van der Waals surface area contributed by atoms with Gasteiger partial charge in [-0.2, -0.15) is 0 Å². The van der Waals surface area contributed by atoms with Gasteiger partial charge < -0.3 is 5.32 Å². The molecule has 0 saturated heterocycles. The van der Waals surface area contributed by atoms with E-state index in [2.05, 4.69) is 15.5 Å². The Hall–Kier alpha value is -3.00. The molecule has 0 radical (unpaired) electrons. The molecule has 160 valence electrons. The van der Waals surface area contributed by atoms with Crippen molar-refractivity contribution in [3.63, 3.8) is 0 Å². The summed E-state index contributed by atoms with van der Waals surface area (Å²) in [4.78, 5) is 24.3. The van der Waals surface area contributed by atoms with Crippen molar-refractivity contribution >= 4 is 29.1 Å². The second-order valence-corrected chi connectivity index (χ2v) is 8.42. The minimum absolute atomic E-state index is 0.0396. The van der Waals surface area contributed by atoms with Crippen molar-refractivity contribution in [2.75, 3.05) is 11.1 Å². The fourth-order valence-electron chi connectivity index (χ4n) is 3.27. The fraction of sp³-hybridized carbons (Fsp3) is 0.304. The summed E-state index contributed by atoms with van der Waals surface area (Å²) >= 11 is 1.31. The number of aromatic nitrogens is 3. The predicted octanol–water partition coefficient (Wildman–Crippen LogP) is 5.13. The van der Waals surface area contributed by atoms with E-state index in [1.807, 2.05) is 11.5 Å². The average Bonchev–Trinajstić information content (AvgIpc) is 3.52. The summed E-state index contributed by atoms with van der Waals surface area (Å²) in [6.45, 7) is 1.95. The molecule has 1 heterocycles.